The molecule has 5 nitrogen and oxygen atoms in total. The summed E-state index contributed by atoms with van der Waals surface area (Å²) < 4.78 is 13.5. The molecule has 0 amide bonds. The van der Waals surface area contributed by atoms with Gasteiger partial charge in [0, 0.05) is 17.4 Å². The molecular formula is C42H53NO4. The van der Waals surface area contributed by atoms with E-state index in [1.807, 2.05) is 0 Å². The van der Waals surface area contributed by atoms with E-state index in [1.54, 1.807) is 0 Å². The number of fused-ring (bicyclic) bond motifs is 4. The minimum Gasteiger partial charge on any atom is -0.449 e. The van der Waals surface area contributed by atoms with Gasteiger partial charge in [-0.25, -0.2) is 4.79 Å². The number of aryl methyl sites for hydroxylation is 1. The lowest BCUT2D eigenvalue weighted by molar-refractivity contribution is -0.275. The summed E-state index contributed by atoms with van der Waals surface area (Å²) in [6, 6.07) is 6.28. The summed E-state index contributed by atoms with van der Waals surface area (Å²) in [7, 11) is 0. The summed E-state index contributed by atoms with van der Waals surface area (Å²) >= 11 is 0. The Morgan fingerprint density at radius 1 is 1.06 bits per heavy atom. The van der Waals surface area contributed by atoms with Crippen molar-refractivity contribution >= 4 is 11.9 Å². The number of cyclic esters (lactones) is 1. The Morgan fingerprint density at radius 2 is 1.91 bits per heavy atom. The molecule has 2 aliphatic heterocycles. The van der Waals surface area contributed by atoms with Crippen LogP contribution in [0.1, 0.15) is 125 Å². The molecular weight excluding hydrogens is 582 g/mol. The molecule has 250 valence electrons. The van der Waals surface area contributed by atoms with Gasteiger partial charge in [0.1, 0.15) is 11.2 Å². The predicted octanol–water partition coefficient (Wildman–Crippen LogP) is 9.03. The second kappa shape index (κ2) is 11.9. The highest BCUT2D eigenvalue weighted by Crippen LogP contribution is 2.86. The molecule has 1 spiro atoms. The third kappa shape index (κ3) is 4.10. The Labute approximate surface area is 281 Å². The average Bonchev–Trinajstić information content (AvgIpc) is 3.54. The van der Waals surface area contributed by atoms with E-state index in [-0.39, 0.29) is 17.9 Å². The number of allylic oxidation sites excluding steroid dienone is 6. The molecule has 1 aromatic rings. The Balaban J connectivity index is 1.28. The number of nitrogens with two attached hydrogens (primary N) is 1. The van der Waals surface area contributed by atoms with Gasteiger partial charge in [-0.15, -0.1) is 0 Å². The van der Waals surface area contributed by atoms with E-state index in [4.69, 9.17) is 15.2 Å². The molecule has 5 heteroatoms. The molecule has 2 N–H and O–H groups in total. The van der Waals surface area contributed by atoms with Crippen molar-refractivity contribution in [1.82, 2.24) is 0 Å². The van der Waals surface area contributed by atoms with Crippen molar-refractivity contribution in [3.8, 4) is 0 Å². The van der Waals surface area contributed by atoms with Gasteiger partial charge in [-0.3, -0.25) is 4.79 Å². The van der Waals surface area contributed by atoms with Gasteiger partial charge in [0.25, 0.3) is 0 Å². The van der Waals surface area contributed by atoms with Gasteiger partial charge in [-0.05, 0) is 92.9 Å². The Kier molecular flexibility index (Phi) is 7.94. The quantitative estimate of drug-likeness (QED) is 0.166. The third-order valence-corrected chi connectivity index (χ3v) is 13.7. The molecule has 1 aromatic carbocycles. The van der Waals surface area contributed by atoms with E-state index in [9.17, 15) is 9.59 Å². The number of ether oxygens (including phenoxy) is 2. The normalized spacial score (nSPS) is 37.6. The second-order valence-electron chi connectivity index (χ2n) is 15.8. The number of carbonyl (C=O) groups is 2. The number of hydrogen-bond acceptors (Lipinski definition) is 5. The fraction of sp³-hybridized carbons (Fsp3) is 0.619. The van der Waals surface area contributed by atoms with Crippen molar-refractivity contribution < 1.29 is 19.1 Å². The van der Waals surface area contributed by atoms with Gasteiger partial charge in [0.05, 0.1) is 11.0 Å². The lowest BCUT2D eigenvalue weighted by Crippen LogP contribution is -2.76. The summed E-state index contributed by atoms with van der Waals surface area (Å²) in [5.41, 5.74) is 8.71. The molecule has 8 rings (SSSR count). The van der Waals surface area contributed by atoms with Gasteiger partial charge < -0.3 is 15.2 Å². The zero-order chi connectivity index (χ0) is 32.4. The number of hydrogen-bond donors (Lipinski definition) is 1. The summed E-state index contributed by atoms with van der Waals surface area (Å²) in [6.45, 7) is 5.12. The minimum atomic E-state index is -0.922. The van der Waals surface area contributed by atoms with Crippen LogP contribution in [0.15, 0.2) is 65.5 Å². The molecule has 3 fully saturated rings. The zero-order valence-corrected chi connectivity index (χ0v) is 28.5. The van der Waals surface area contributed by atoms with Crippen LogP contribution in [0, 0.1) is 40.4 Å². The van der Waals surface area contributed by atoms with Crippen LogP contribution in [0.4, 0.5) is 0 Å². The molecule has 2 heterocycles. The van der Waals surface area contributed by atoms with Crippen molar-refractivity contribution in [2.24, 2.45) is 46.2 Å². The van der Waals surface area contributed by atoms with Crippen LogP contribution in [-0.4, -0.2) is 18.5 Å². The number of esters is 2. The number of rotatable bonds is 9. The van der Waals surface area contributed by atoms with E-state index in [0.29, 0.717) is 29.9 Å². The van der Waals surface area contributed by atoms with Gasteiger partial charge in [0.2, 0.25) is 0 Å². The first-order valence-electron chi connectivity index (χ1n) is 19.0. The largest absolute Gasteiger partial charge is 0.449 e. The third-order valence-electron chi connectivity index (χ3n) is 13.7. The van der Waals surface area contributed by atoms with Crippen LogP contribution in [-0.2, 0) is 26.3 Å². The zero-order valence-electron chi connectivity index (χ0n) is 28.5. The summed E-state index contributed by atoms with van der Waals surface area (Å²) in [6.07, 6.45) is 27.7. The maximum atomic E-state index is 14.9. The molecule has 47 heavy (non-hydrogen) atoms. The van der Waals surface area contributed by atoms with Crippen LogP contribution in [0.2, 0.25) is 0 Å². The minimum absolute atomic E-state index is 0.118. The number of unbranched alkanes of at least 4 members (excludes halogenated alkanes) is 1. The van der Waals surface area contributed by atoms with Gasteiger partial charge in [-0.1, -0.05) is 107 Å². The molecule has 0 aromatic heterocycles. The highest BCUT2D eigenvalue weighted by atomic mass is 16.6. The average molecular weight is 636 g/mol. The standard InChI is InChI=1S/C42H53NO4/c1-3-12-35-41-33-23-22-30-27(2)13-9-19-31(30)32(33)24-25-40(41,36(46-39(41)45)21-8-7-16-28-14-5-4-6-15-28)42(35)34-20-10-17-29(18-11-26-43)37(34)38(44)47-42/h9-10,17,19-23,27-28,30-31,35H,3-8,11-16,18,24-26,43H2,1-2H3. The van der Waals surface area contributed by atoms with E-state index in [1.165, 1.54) is 49.7 Å². The second-order valence-corrected chi connectivity index (χ2v) is 15.8. The summed E-state index contributed by atoms with van der Waals surface area (Å²) in [4.78, 5) is 29.0. The van der Waals surface area contributed by atoms with Crippen molar-refractivity contribution in [1.29, 1.82) is 0 Å². The molecule has 1 saturated heterocycles. The van der Waals surface area contributed by atoms with Gasteiger partial charge >= 0.3 is 11.9 Å². The van der Waals surface area contributed by atoms with Crippen molar-refractivity contribution in [3.05, 3.63) is 82.2 Å². The van der Waals surface area contributed by atoms with E-state index in [0.717, 1.165) is 80.6 Å². The van der Waals surface area contributed by atoms with E-state index >= 15 is 0 Å². The monoisotopic (exact) mass is 635 g/mol. The Bertz CT molecular complexity index is 1580. The molecule has 2 saturated carbocycles. The van der Waals surface area contributed by atoms with E-state index < -0.39 is 16.4 Å². The van der Waals surface area contributed by atoms with E-state index in [2.05, 4.69) is 62.4 Å². The highest BCUT2D eigenvalue weighted by molar-refractivity contribution is 6.00. The van der Waals surface area contributed by atoms with Crippen LogP contribution in [0.3, 0.4) is 0 Å². The Morgan fingerprint density at radius 3 is 2.72 bits per heavy atom. The van der Waals surface area contributed by atoms with Gasteiger partial charge in [-0.2, -0.15) is 0 Å². The first-order valence-corrected chi connectivity index (χ1v) is 19.0. The maximum absolute atomic E-state index is 14.9. The van der Waals surface area contributed by atoms with Crippen LogP contribution in [0.25, 0.3) is 0 Å². The smallest absolute Gasteiger partial charge is 0.339 e. The lowest BCUT2D eigenvalue weighted by atomic mass is 9.29. The molecule has 0 bridgehead atoms. The Hall–Kier alpha value is -2.92. The topological polar surface area (TPSA) is 78.6 Å². The van der Waals surface area contributed by atoms with Crippen molar-refractivity contribution in [2.45, 2.75) is 116 Å². The number of benzene rings is 1. The maximum Gasteiger partial charge on any atom is 0.339 e. The van der Waals surface area contributed by atoms with Gasteiger partial charge in [0.15, 0.2) is 5.60 Å². The van der Waals surface area contributed by atoms with Crippen molar-refractivity contribution in [2.75, 3.05) is 6.54 Å². The van der Waals surface area contributed by atoms with Crippen molar-refractivity contribution in [3.63, 3.8) is 0 Å². The lowest BCUT2D eigenvalue weighted by Gasteiger charge is -2.71. The molecule has 7 unspecified atom stereocenters. The molecule has 5 aliphatic carbocycles. The predicted molar refractivity (Wildman–Crippen MR) is 184 cm³/mol. The molecule has 7 aliphatic rings. The van der Waals surface area contributed by atoms with Crippen LogP contribution in [0.5, 0.6) is 0 Å². The molecule has 7 atom stereocenters. The fourth-order valence-electron chi connectivity index (χ4n) is 11.9. The summed E-state index contributed by atoms with van der Waals surface area (Å²) in [5, 5.41) is 0. The molecule has 0 radical (unpaired) electrons. The first-order chi connectivity index (χ1) is 23.0. The fourth-order valence-corrected chi connectivity index (χ4v) is 11.9. The van der Waals surface area contributed by atoms with Crippen LogP contribution < -0.4 is 5.73 Å². The van der Waals surface area contributed by atoms with Crippen LogP contribution >= 0.6 is 0 Å². The highest BCUT2D eigenvalue weighted by Gasteiger charge is 2.92. The SMILES string of the molecule is CCCC1C23C(=O)OC(=CCCCC4CCCCC4)C2(CCC2=C3C=CC3C(C)CC=CC23)C12OC(=O)c1c(CCCN)cccc12. The first kappa shape index (κ1) is 31.4. The summed E-state index contributed by atoms with van der Waals surface area (Å²) in [5.74, 6) is 2.41. The number of carbonyl (C=O) groups excluding carboxylic acids is 2.